The number of unbranched alkanes of at least 4 members (excludes halogenated alkanes) is 1. The Labute approximate surface area is 123 Å². The molecule has 2 rings (SSSR count). The first-order valence-corrected chi connectivity index (χ1v) is 7.58. The molecule has 0 radical (unpaired) electrons. The molecule has 0 saturated carbocycles. The number of para-hydroxylation sites is 1. The van der Waals surface area contributed by atoms with Crippen LogP contribution in [-0.2, 0) is 0 Å². The topological polar surface area (TPSA) is 21.3 Å². The van der Waals surface area contributed by atoms with Gasteiger partial charge >= 0.3 is 6.36 Å². The van der Waals surface area contributed by atoms with E-state index in [0.717, 1.165) is 31.2 Å². The highest BCUT2D eigenvalue weighted by Gasteiger charge is 2.35. The Kier molecular flexibility index (Phi) is 5.01. The summed E-state index contributed by atoms with van der Waals surface area (Å²) in [6, 6.07) is 4.93. The molecule has 1 aromatic rings. The zero-order valence-electron chi connectivity index (χ0n) is 12.5. The highest BCUT2D eigenvalue weighted by molar-refractivity contribution is 5.67. The molecule has 1 aliphatic heterocycles. The molecule has 1 N–H and O–H groups in total. The minimum absolute atomic E-state index is 0.118. The van der Waals surface area contributed by atoms with E-state index in [1.165, 1.54) is 6.07 Å². The molecule has 5 heteroatoms. The maximum atomic E-state index is 12.4. The Morgan fingerprint density at radius 2 is 2.10 bits per heavy atom. The number of anilines is 1. The first kappa shape index (κ1) is 16.0. The van der Waals surface area contributed by atoms with Gasteiger partial charge in [0.25, 0.3) is 0 Å². The summed E-state index contributed by atoms with van der Waals surface area (Å²) in [5.74, 6) is 0.654. The summed E-state index contributed by atoms with van der Waals surface area (Å²) in [4.78, 5) is 0. The smallest absolute Gasteiger partial charge is 0.404 e. The van der Waals surface area contributed by atoms with Gasteiger partial charge in [-0.2, -0.15) is 0 Å². The quantitative estimate of drug-likeness (QED) is 0.768. The number of alkyl halides is 3. The number of hydrogen-bond acceptors (Lipinski definition) is 2. The van der Waals surface area contributed by atoms with Crippen LogP contribution in [0.5, 0.6) is 5.75 Å². The maximum Gasteiger partial charge on any atom is 0.573 e. The van der Waals surface area contributed by atoms with E-state index in [-0.39, 0.29) is 11.7 Å². The molecular weight excluding hydrogens is 279 g/mol. The third-order valence-electron chi connectivity index (χ3n) is 4.20. The lowest BCUT2D eigenvalue weighted by molar-refractivity contribution is -0.274. The molecule has 0 spiro atoms. The molecule has 0 bridgehead atoms. The van der Waals surface area contributed by atoms with E-state index in [2.05, 4.69) is 23.9 Å². The summed E-state index contributed by atoms with van der Waals surface area (Å²) in [5, 5.41) is 3.11. The van der Waals surface area contributed by atoms with Crippen LogP contribution in [0, 0.1) is 5.92 Å². The zero-order chi connectivity index (χ0) is 15.5. The number of fused-ring (bicyclic) bond motifs is 1. The van der Waals surface area contributed by atoms with Crippen molar-refractivity contribution >= 4 is 5.69 Å². The van der Waals surface area contributed by atoms with Crippen LogP contribution in [0.15, 0.2) is 18.2 Å². The van der Waals surface area contributed by atoms with E-state index in [1.807, 2.05) is 6.07 Å². The highest BCUT2D eigenvalue weighted by atomic mass is 19.4. The molecule has 21 heavy (non-hydrogen) atoms. The number of benzene rings is 1. The monoisotopic (exact) mass is 301 g/mol. The van der Waals surface area contributed by atoms with Crippen LogP contribution < -0.4 is 10.1 Å². The molecule has 1 heterocycles. The average Bonchev–Trinajstić information content (AvgIpc) is 2.83. The average molecular weight is 301 g/mol. The van der Waals surface area contributed by atoms with E-state index in [9.17, 15) is 13.2 Å². The van der Waals surface area contributed by atoms with Crippen LogP contribution in [0.4, 0.5) is 18.9 Å². The first-order chi connectivity index (χ1) is 9.96. The number of ether oxygens (including phenoxy) is 1. The van der Waals surface area contributed by atoms with Crippen molar-refractivity contribution in [1.82, 2.24) is 0 Å². The molecule has 1 aliphatic rings. The second kappa shape index (κ2) is 6.58. The standard InChI is InChI=1S/C16H22F3NO/c1-3-5-7-11(4-2)13-10-20-15-12(13)8-6-9-14(15)21-16(17,18)19/h6,8-9,11,13,20H,3-5,7,10H2,1-2H3. The molecule has 0 saturated heterocycles. The minimum atomic E-state index is -4.65. The summed E-state index contributed by atoms with van der Waals surface area (Å²) in [5.41, 5.74) is 1.47. The largest absolute Gasteiger partial charge is 0.573 e. The second-order valence-electron chi connectivity index (χ2n) is 5.57. The number of hydrogen-bond donors (Lipinski definition) is 1. The van der Waals surface area contributed by atoms with E-state index in [4.69, 9.17) is 0 Å². The van der Waals surface area contributed by atoms with Crippen molar-refractivity contribution in [2.24, 2.45) is 5.92 Å². The van der Waals surface area contributed by atoms with Crippen LogP contribution in [0.25, 0.3) is 0 Å². The van der Waals surface area contributed by atoms with Gasteiger partial charge < -0.3 is 10.1 Å². The third kappa shape index (κ3) is 3.83. The highest BCUT2D eigenvalue weighted by Crippen LogP contribution is 2.45. The SMILES string of the molecule is CCCCC(CC)C1CNc2c(OC(F)(F)F)cccc21. The van der Waals surface area contributed by atoms with Gasteiger partial charge in [-0.25, -0.2) is 0 Å². The molecule has 0 aromatic heterocycles. The van der Waals surface area contributed by atoms with E-state index in [0.29, 0.717) is 18.2 Å². The molecule has 0 fully saturated rings. The normalized spacial score (nSPS) is 19.0. The van der Waals surface area contributed by atoms with Gasteiger partial charge in [-0.05, 0) is 24.0 Å². The van der Waals surface area contributed by atoms with Gasteiger partial charge in [-0.15, -0.1) is 13.2 Å². The third-order valence-corrected chi connectivity index (χ3v) is 4.20. The van der Waals surface area contributed by atoms with Gasteiger partial charge in [0.2, 0.25) is 0 Å². The lowest BCUT2D eigenvalue weighted by atomic mass is 9.82. The van der Waals surface area contributed by atoms with Crippen molar-refractivity contribution < 1.29 is 17.9 Å². The van der Waals surface area contributed by atoms with Crippen molar-refractivity contribution in [3.63, 3.8) is 0 Å². The van der Waals surface area contributed by atoms with E-state index < -0.39 is 6.36 Å². The van der Waals surface area contributed by atoms with Crippen LogP contribution in [0.3, 0.4) is 0 Å². The Hall–Kier alpha value is -1.39. The predicted molar refractivity (Wildman–Crippen MR) is 77.7 cm³/mol. The van der Waals surface area contributed by atoms with E-state index in [1.54, 1.807) is 6.07 Å². The Morgan fingerprint density at radius 1 is 1.33 bits per heavy atom. The van der Waals surface area contributed by atoms with Gasteiger partial charge in [0.05, 0.1) is 5.69 Å². The molecular formula is C16H22F3NO. The van der Waals surface area contributed by atoms with Gasteiger partial charge in [-0.1, -0.05) is 45.2 Å². The van der Waals surface area contributed by atoms with Gasteiger partial charge in [0.15, 0.2) is 5.75 Å². The number of halogens is 3. The lowest BCUT2D eigenvalue weighted by Crippen LogP contribution is -2.17. The van der Waals surface area contributed by atoms with Gasteiger partial charge in [0.1, 0.15) is 0 Å². The fraction of sp³-hybridized carbons (Fsp3) is 0.625. The predicted octanol–water partition coefficient (Wildman–Crippen LogP) is 5.31. The molecule has 2 unspecified atom stereocenters. The Morgan fingerprint density at radius 3 is 2.71 bits per heavy atom. The zero-order valence-corrected chi connectivity index (χ0v) is 12.5. The Bertz CT molecular complexity index is 473. The summed E-state index contributed by atoms with van der Waals surface area (Å²) in [6.45, 7) is 4.99. The Balaban J connectivity index is 2.22. The first-order valence-electron chi connectivity index (χ1n) is 7.58. The fourth-order valence-electron chi connectivity index (χ4n) is 3.15. The summed E-state index contributed by atoms with van der Waals surface area (Å²) < 4.78 is 41.5. The summed E-state index contributed by atoms with van der Waals surface area (Å²) in [7, 11) is 0. The molecule has 0 aliphatic carbocycles. The number of nitrogens with one attached hydrogen (secondary N) is 1. The van der Waals surface area contributed by atoms with Crippen LogP contribution in [0.1, 0.15) is 51.0 Å². The van der Waals surface area contributed by atoms with Crippen molar-refractivity contribution in [3.05, 3.63) is 23.8 Å². The lowest BCUT2D eigenvalue weighted by Gasteiger charge is -2.22. The fourth-order valence-corrected chi connectivity index (χ4v) is 3.15. The van der Waals surface area contributed by atoms with Crippen LogP contribution >= 0.6 is 0 Å². The summed E-state index contributed by atoms with van der Waals surface area (Å²) in [6.07, 6.45) is -0.204. The van der Waals surface area contributed by atoms with Crippen LogP contribution in [-0.4, -0.2) is 12.9 Å². The van der Waals surface area contributed by atoms with Gasteiger partial charge in [0, 0.05) is 12.5 Å². The summed E-state index contributed by atoms with van der Waals surface area (Å²) >= 11 is 0. The molecule has 0 amide bonds. The van der Waals surface area contributed by atoms with Crippen molar-refractivity contribution in [2.75, 3.05) is 11.9 Å². The van der Waals surface area contributed by atoms with Crippen LogP contribution in [0.2, 0.25) is 0 Å². The minimum Gasteiger partial charge on any atom is -0.404 e. The molecule has 118 valence electrons. The molecule has 1 aromatic carbocycles. The number of rotatable bonds is 6. The van der Waals surface area contributed by atoms with Crippen molar-refractivity contribution in [2.45, 2.75) is 51.8 Å². The van der Waals surface area contributed by atoms with Crippen molar-refractivity contribution in [3.8, 4) is 5.75 Å². The maximum absolute atomic E-state index is 12.4. The van der Waals surface area contributed by atoms with Crippen molar-refractivity contribution in [1.29, 1.82) is 0 Å². The van der Waals surface area contributed by atoms with Gasteiger partial charge in [-0.3, -0.25) is 0 Å². The van der Waals surface area contributed by atoms with E-state index >= 15 is 0 Å². The molecule has 2 atom stereocenters. The second-order valence-corrected chi connectivity index (χ2v) is 5.57. The molecule has 2 nitrogen and oxygen atoms in total.